The van der Waals surface area contributed by atoms with Gasteiger partial charge in [0, 0.05) is 56.2 Å². The van der Waals surface area contributed by atoms with Crippen LogP contribution in [0.2, 0.25) is 5.02 Å². The summed E-state index contributed by atoms with van der Waals surface area (Å²) in [5.74, 6) is 0.240. The van der Waals surface area contributed by atoms with E-state index in [0.717, 1.165) is 50.8 Å². The molecular formula is C21H27ClN4O. The maximum absolute atomic E-state index is 13.0. The molecule has 3 heterocycles. The Morgan fingerprint density at radius 3 is 2.48 bits per heavy atom. The SMILES string of the molecule is CCN1CCN(C(=O)CN2CCn3cccc3C2c2ccc(Cl)cc2)CC1. The molecule has 6 heteroatoms. The quantitative estimate of drug-likeness (QED) is 0.809. The van der Waals surface area contributed by atoms with Crippen LogP contribution in [0.3, 0.4) is 0 Å². The summed E-state index contributed by atoms with van der Waals surface area (Å²) < 4.78 is 2.29. The summed E-state index contributed by atoms with van der Waals surface area (Å²) in [7, 11) is 0. The van der Waals surface area contributed by atoms with Gasteiger partial charge in [0.05, 0.1) is 12.6 Å². The minimum absolute atomic E-state index is 0.0897. The van der Waals surface area contributed by atoms with Crippen LogP contribution in [0.1, 0.15) is 24.2 Å². The van der Waals surface area contributed by atoms with Gasteiger partial charge < -0.3 is 14.4 Å². The van der Waals surface area contributed by atoms with Crippen LogP contribution in [0.5, 0.6) is 0 Å². The lowest BCUT2D eigenvalue weighted by molar-refractivity contribution is -0.134. The zero-order chi connectivity index (χ0) is 18.8. The summed E-state index contributed by atoms with van der Waals surface area (Å²) in [6.07, 6.45) is 2.13. The molecule has 0 saturated carbocycles. The van der Waals surface area contributed by atoms with E-state index in [0.29, 0.717) is 6.54 Å². The lowest BCUT2D eigenvalue weighted by atomic mass is 10.00. The van der Waals surface area contributed by atoms with Gasteiger partial charge in [0.1, 0.15) is 0 Å². The van der Waals surface area contributed by atoms with Crippen molar-refractivity contribution in [1.29, 1.82) is 0 Å². The van der Waals surface area contributed by atoms with Gasteiger partial charge >= 0.3 is 0 Å². The molecule has 1 saturated heterocycles. The van der Waals surface area contributed by atoms with E-state index < -0.39 is 0 Å². The molecule has 0 aliphatic carbocycles. The number of likely N-dealkylation sites (N-methyl/N-ethyl adjacent to an activating group) is 1. The molecule has 0 bridgehead atoms. The van der Waals surface area contributed by atoms with Crippen molar-refractivity contribution in [2.24, 2.45) is 0 Å². The predicted octanol–water partition coefficient (Wildman–Crippen LogP) is 2.71. The zero-order valence-corrected chi connectivity index (χ0v) is 16.6. The van der Waals surface area contributed by atoms with Crippen molar-refractivity contribution in [3.05, 3.63) is 58.9 Å². The van der Waals surface area contributed by atoms with Crippen molar-refractivity contribution in [2.45, 2.75) is 19.5 Å². The number of rotatable bonds is 4. The largest absolute Gasteiger partial charge is 0.348 e. The monoisotopic (exact) mass is 386 g/mol. The van der Waals surface area contributed by atoms with Crippen LogP contribution in [0.25, 0.3) is 0 Å². The van der Waals surface area contributed by atoms with E-state index >= 15 is 0 Å². The Morgan fingerprint density at radius 1 is 1.04 bits per heavy atom. The number of amides is 1. The summed E-state index contributed by atoms with van der Waals surface area (Å²) >= 11 is 6.09. The fourth-order valence-electron chi connectivity index (χ4n) is 4.22. The van der Waals surface area contributed by atoms with Crippen molar-refractivity contribution in [1.82, 2.24) is 19.3 Å². The third-order valence-corrected chi connectivity index (χ3v) is 6.09. The average molecular weight is 387 g/mol. The normalized spacial score (nSPS) is 21.3. The fraction of sp³-hybridized carbons (Fsp3) is 0.476. The first-order valence-electron chi connectivity index (χ1n) is 9.80. The molecule has 1 aromatic carbocycles. The number of hydrogen-bond acceptors (Lipinski definition) is 3. The van der Waals surface area contributed by atoms with E-state index in [1.807, 2.05) is 17.0 Å². The number of hydrogen-bond donors (Lipinski definition) is 0. The van der Waals surface area contributed by atoms with Crippen LogP contribution in [-0.2, 0) is 11.3 Å². The number of fused-ring (bicyclic) bond motifs is 1. The van der Waals surface area contributed by atoms with Crippen molar-refractivity contribution in [2.75, 3.05) is 45.8 Å². The molecule has 1 unspecified atom stereocenters. The van der Waals surface area contributed by atoms with Gasteiger partial charge in [-0.25, -0.2) is 0 Å². The smallest absolute Gasteiger partial charge is 0.236 e. The van der Waals surface area contributed by atoms with Crippen molar-refractivity contribution in [3.63, 3.8) is 0 Å². The van der Waals surface area contributed by atoms with Gasteiger partial charge in [-0.3, -0.25) is 9.69 Å². The molecule has 27 heavy (non-hydrogen) atoms. The molecule has 2 aromatic rings. The number of piperazine rings is 1. The highest BCUT2D eigenvalue weighted by atomic mass is 35.5. The Kier molecular flexibility index (Phi) is 5.53. The number of nitrogens with zero attached hydrogens (tertiary/aromatic N) is 4. The molecule has 1 atom stereocenters. The fourth-order valence-corrected chi connectivity index (χ4v) is 4.34. The van der Waals surface area contributed by atoms with Gasteiger partial charge in [-0.05, 0) is 36.4 Å². The Labute approximate surface area is 166 Å². The Bertz CT molecular complexity index is 780. The van der Waals surface area contributed by atoms with Crippen molar-refractivity contribution >= 4 is 17.5 Å². The van der Waals surface area contributed by atoms with Crippen LogP contribution >= 0.6 is 11.6 Å². The van der Waals surface area contributed by atoms with Gasteiger partial charge in [-0.2, -0.15) is 0 Å². The van der Waals surface area contributed by atoms with Crippen molar-refractivity contribution < 1.29 is 4.79 Å². The highest BCUT2D eigenvalue weighted by Crippen LogP contribution is 2.32. The third kappa shape index (κ3) is 3.91. The molecule has 0 radical (unpaired) electrons. The van der Waals surface area contributed by atoms with Crippen LogP contribution in [0.15, 0.2) is 42.6 Å². The molecule has 0 N–H and O–H groups in total. The minimum Gasteiger partial charge on any atom is -0.348 e. The number of carbonyl (C=O) groups excluding carboxylic acids is 1. The number of halogens is 1. The molecular weight excluding hydrogens is 360 g/mol. The molecule has 5 nitrogen and oxygen atoms in total. The molecule has 144 valence electrons. The predicted molar refractivity (Wildman–Crippen MR) is 108 cm³/mol. The van der Waals surface area contributed by atoms with Crippen LogP contribution < -0.4 is 0 Å². The number of benzene rings is 1. The maximum atomic E-state index is 13.0. The van der Waals surface area contributed by atoms with E-state index in [1.54, 1.807) is 0 Å². The van der Waals surface area contributed by atoms with Crippen LogP contribution in [0, 0.1) is 0 Å². The molecule has 2 aliphatic heterocycles. The van der Waals surface area contributed by atoms with E-state index in [9.17, 15) is 4.79 Å². The Balaban J connectivity index is 1.52. The molecule has 1 aromatic heterocycles. The topological polar surface area (TPSA) is 31.7 Å². The Hall–Kier alpha value is -1.82. The number of carbonyl (C=O) groups is 1. The van der Waals surface area contributed by atoms with Crippen molar-refractivity contribution in [3.8, 4) is 0 Å². The number of aromatic nitrogens is 1. The van der Waals surface area contributed by atoms with E-state index in [4.69, 9.17) is 11.6 Å². The Morgan fingerprint density at radius 2 is 1.78 bits per heavy atom. The van der Waals surface area contributed by atoms with Gasteiger partial charge in [0.25, 0.3) is 0 Å². The zero-order valence-electron chi connectivity index (χ0n) is 15.9. The van der Waals surface area contributed by atoms with E-state index in [-0.39, 0.29) is 11.9 Å². The summed E-state index contributed by atoms with van der Waals surface area (Å²) in [6.45, 7) is 9.12. The molecule has 0 spiro atoms. The summed E-state index contributed by atoms with van der Waals surface area (Å²) in [5.41, 5.74) is 2.43. The van der Waals surface area contributed by atoms with Gasteiger partial charge in [-0.1, -0.05) is 30.7 Å². The maximum Gasteiger partial charge on any atom is 0.236 e. The minimum atomic E-state index is 0.0897. The second kappa shape index (κ2) is 8.05. The first kappa shape index (κ1) is 18.5. The molecule has 1 amide bonds. The highest BCUT2D eigenvalue weighted by Gasteiger charge is 2.31. The molecule has 2 aliphatic rings. The van der Waals surface area contributed by atoms with Gasteiger partial charge in [0.2, 0.25) is 5.91 Å². The summed E-state index contributed by atoms with van der Waals surface area (Å²) in [4.78, 5) is 19.7. The van der Waals surface area contributed by atoms with Crippen LogP contribution in [0.4, 0.5) is 0 Å². The van der Waals surface area contributed by atoms with Gasteiger partial charge in [0.15, 0.2) is 0 Å². The highest BCUT2D eigenvalue weighted by molar-refractivity contribution is 6.30. The summed E-state index contributed by atoms with van der Waals surface area (Å²) in [5, 5.41) is 0.737. The average Bonchev–Trinajstić information content (AvgIpc) is 3.17. The summed E-state index contributed by atoms with van der Waals surface area (Å²) in [6, 6.07) is 12.4. The third-order valence-electron chi connectivity index (χ3n) is 5.83. The standard InChI is InChI=1S/C21H27ClN4O/c1-2-23-10-12-25(13-11-23)20(27)16-26-15-14-24-9-3-4-19(24)21(26)17-5-7-18(22)8-6-17/h3-9,21H,2,10-16H2,1H3. The second-order valence-corrected chi connectivity index (χ2v) is 7.80. The molecule has 1 fully saturated rings. The molecule has 4 rings (SSSR count). The van der Waals surface area contributed by atoms with Crippen LogP contribution in [-0.4, -0.2) is 71.0 Å². The lowest BCUT2D eigenvalue weighted by Gasteiger charge is -2.39. The lowest BCUT2D eigenvalue weighted by Crippen LogP contribution is -2.52. The van der Waals surface area contributed by atoms with E-state index in [1.165, 1.54) is 11.3 Å². The van der Waals surface area contributed by atoms with Gasteiger partial charge in [-0.15, -0.1) is 0 Å². The second-order valence-electron chi connectivity index (χ2n) is 7.37. The first-order valence-corrected chi connectivity index (χ1v) is 10.2. The van der Waals surface area contributed by atoms with E-state index in [2.05, 4.69) is 51.8 Å². The first-order chi connectivity index (χ1) is 13.2.